The fraction of sp³-hybridized carbons (Fsp3) is 0.294. The minimum atomic E-state index is -0.122. The van der Waals surface area contributed by atoms with Gasteiger partial charge in [0.15, 0.2) is 0 Å². The summed E-state index contributed by atoms with van der Waals surface area (Å²) in [5.74, 6) is 0.650. The quantitative estimate of drug-likeness (QED) is 0.807. The molecule has 0 bridgehead atoms. The molecular formula is C17H14N2O2. The molecular weight excluding hydrogens is 264 g/mol. The minimum absolute atomic E-state index is 0.0925. The van der Waals surface area contributed by atoms with E-state index in [1.165, 1.54) is 4.90 Å². The van der Waals surface area contributed by atoms with Gasteiger partial charge in [-0.25, -0.2) is 0 Å². The molecule has 1 aliphatic carbocycles. The zero-order valence-corrected chi connectivity index (χ0v) is 11.4. The van der Waals surface area contributed by atoms with Crippen molar-refractivity contribution in [3.05, 3.63) is 47.5 Å². The second kappa shape index (κ2) is 3.71. The molecule has 2 amide bonds. The largest absolute Gasteiger partial charge is 0.316 e. The van der Waals surface area contributed by atoms with Gasteiger partial charge in [0.25, 0.3) is 11.8 Å². The van der Waals surface area contributed by atoms with Gasteiger partial charge in [0.2, 0.25) is 0 Å². The van der Waals surface area contributed by atoms with Crippen LogP contribution in [0.15, 0.2) is 36.4 Å². The lowest BCUT2D eigenvalue weighted by Crippen LogP contribution is -2.44. The van der Waals surface area contributed by atoms with Crippen LogP contribution in [0.2, 0.25) is 0 Å². The highest BCUT2D eigenvalue weighted by Gasteiger charge is 2.59. The number of benzene rings is 2. The van der Waals surface area contributed by atoms with E-state index in [0.717, 1.165) is 23.9 Å². The monoisotopic (exact) mass is 278 g/mol. The molecule has 1 N–H and O–H groups in total. The lowest BCUT2D eigenvalue weighted by Gasteiger charge is -2.28. The molecule has 3 aliphatic rings. The van der Waals surface area contributed by atoms with Gasteiger partial charge in [0, 0.05) is 35.6 Å². The molecule has 2 unspecified atom stereocenters. The summed E-state index contributed by atoms with van der Waals surface area (Å²) in [6.45, 7) is 1.83. The van der Waals surface area contributed by atoms with Gasteiger partial charge in [-0.3, -0.25) is 14.5 Å². The number of hydrogen-bond donors (Lipinski definition) is 1. The normalized spacial score (nSPS) is 29.9. The van der Waals surface area contributed by atoms with Crippen molar-refractivity contribution in [2.24, 2.45) is 11.8 Å². The van der Waals surface area contributed by atoms with Crippen molar-refractivity contribution in [1.82, 2.24) is 10.2 Å². The molecule has 4 heteroatoms. The Balaban J connectivity index is 1.70. The smallest absolute Gasteiger partial charge is 0.261 e. The van der Waals surface area contributed by atoms with E-state index in [4.69, 9.17) is 0 Å². The van der Waals surface area contributed by atoms with Gasteiger partial charge in [-0.1, -0.05) is 24.3 Å². The standard InChI is InChI=1S/C17H14N2O2/c20-16-10-5-1-3-9-4-2-6-11(14(9)10)17(21)19(16)15-12-7-18-8-13(12)15/h1-6,12-13,15,18H,7-8H2. The number of amides is 2. The summed E-state index contributed by atoms with van der Waals surface area (Å²) in [6.07, 6.45) is 0. The molecule has 2 aromatic rings. The first-order valence-corrected chi connectivity index (χ1v) is 7.38. The zero-order valence-electron chi connectivity index (χ0n) is 11.4. The Morgan fingerprint density at radius 1 is 0.905 bits per heavy atom. The number of rotatable bonds is 1. The molecule has 1 saturated heterocycles. The molecule has 2 heterocycles. The number of imide groups is 1. The molecule has 5 rings (SSSR count). The third-order valence-electron chi connectivity index (χ3n) is 5.15. The fourth-order valence-electron chi connectivity index (χ4n) is 4.09. The fourth-order valence-corrected chi connectivity index (χ4v) is 4.09. The van der Waals surface area contributed by atoms with Crippen LogP contribution < -0.4 is 5.32 Å². The predicted molar refractivity (Wildman–Crippen MR) is 78.1 cm³/mol. The number of nitrogens with zero attached hydrogens (tertiary/aromatic N) is 1. The molecule has 4 nitrogen and oxygen atoms in total. The lowest BCUT2D eigenvalue weighted by molar-refractivity contribution is 0.0580. The van der Waals surface area contributed by atoms with E-state index in [1.807, 2.05) is 36.4 Å². The Bertz CT molecular complexity index is 753. The molecule has 0 aromatic heterocycles. The number of carbonyl (C=O) groups is 2. The zero-order chi connectivity index (χ0) is 14.1. The van der Waals surface area contributed by atoms with Crippen LogP contribution in [0, 0.1) is 11.8 Å². The molecule has 21 heavy (non-hydrogen) atoms. The summed E-state index contributed by atoms with van der Waals surface area (Å²) in [7, 11) is 0. The van der Waals surface area contributed by atoms with Crippen LogP contribution in [0.5, 0.6) is 0 Å². The minimum Gasteiger partial charge on any atom is -0.316 e. The number of fused-ring (bicyclic) bond motifs is 1. The highest BCUT2D eigenvalue weighted by Crippen LogP contribution is 2.48. The second-order valence-corrected chi connectivity index (χ2v) is 6.17. The van der Waals surface area contributed by atoms with Crippen LogP contribution in [0.1, 0.15) is 20.7 Å². The van der Waals surface area contributed by atoms with Gasteiger partial charge in [0.1, 0.15) is 0 Å². The number of carbonyl (C=O) groups excluding carboxylic acids is 2. The molecule has 2 atom stereocenters. The number of piperidine rings is 1. The van der Waals surface area contributed by atoms with Crippen LogP contribution in [-0.4, -0.2) is 35.8 Å². The first-order chi connectivity index (χ1) is 10.3. The first kappa shape index (κ1) is 11.5. The molecule has 2 aromatic carbocycles. The Morgan fingerprint density at radius 3 is 2.05 bits per heavy atom. The maximum atomic E-state index is 12.8. The van der Waals surface area contributed by atoms with Gasteiger partial charge in [-0.2, -0.15) is 0 Å². The highest BCUT2D eigenvalue weighted by atomic mass is 16.2. The average molecular weight is 278 g/mol. The topological polar surface area (TPSA) is 49.4 Å². The van der Waals surface area contributed by atoms with Crippen molar-refractivity contribution >= 4 is 22.6 Å². The summed E-state index contributed by atoms with van der Waals surface area (Å²) in [4.78, 5) is 27.1. The summed E-state index contributed by atoms with van der Waals surface area (Å²) in [6, 6.07) is 11.5. The second-order valence-electron chi connectivity index (χ2n) is 6.17. The van der Waals surface area contributed by atoms with Gasteiger partial charge in [0.05, 0.1) is 0 Å². The Hall–Kier alpha value is -2.20. The van der Waals surface area contributed by atoms with Crippen molar-refractivity contribution < 1.29 is 9.59 Å². The maximum Gasteiger partial charge on any atom is 0.261 e. The van der Waals surface area contributed by atoms with E-state index < -0.39 is 0 Å². The van der Waals surface area contributed by atoms with Crippen LogP contribution in [-0.2, 0) is 0 Å². The Morgan fingerprint density at radius 2 is 1.48 bits per heavy atom. The number of hydrogen-bond acceptors (Lipinski definition) is 3. The summed E-state index contributed by atoms with van der Waals surface area (Å²) in [5.41, 5.74) is 1.33. The van der Waals surface area contributed by atoms with Gasteiger partial charge in [-0.05, 0) is 29.4 Å². The summed E-state index contributed by atoms with van der Waals surface area (Å²) < 4.78 is 0. The van der Waals surface area contributed by atoms with Crippen LogP contribution in [0.3, 0.4) is 0 Å². The Kier molecular flexibility index (Phi) is 2.02. The lowest BCUT2D eigenvalue weighted by atomic mass is 9.94. The van der Waals surface area contributed by atoms with Crippen LogP contribution >= 0.6 is 0 Å². The van der Waals surface area contributed by atoms with Crippen molar-refractivity contribution in [3.8, 4) is 0 Å². The van der Waals surface area contributed by atoms with E-state index >= 15 is 0 Å². The van der Waals surface area contributed by atoms with Crippen LogP contribution in [0.4, 0.5) is 0 Å². The summed E-state index contributed by atoms with van der Waals surface area (Å²) >= 11 is 0. The molecule has 0 radical (unpaired) electrons. The van der Waals surface area contributed by atoms with E-state index in [-0.39, 0.29) is 17.9 Å². The molecule has 2 aliphatic heterocycles. The highest BCUT2D eigenvalue weighted by molar-refractivity contribution is 6.25. The molecule has 2 fully saturated rings. The predicted octanol–water partition coefficient (Wildman–Crippen LogP) is 1.65. The van der Waals surface area contributed by atoms with Crippen molar-refractivity contribution in [3.63, 3.8) is 0 Å². The van der Waals surface area contributed by atoms with E-state index in [1.54, 1.807) is 0 Å². The maximum absolute atomic E-state index is 12.8. The van der Waals surface area contributed by atoms with Crippen molar-refractivity contribution in [2.45, 2.75) is 6.04 Å². The van der Waals surface area contributed by atoms with Gasteiger partial charge < -0.3 is 5.32 Å². The number of nitrogens with one attached hydrogen (secondary N) is 1. The van der Waals surface area contributed by atoms with Gasteiger partial charge in [-0.15, -0.1) is 0 Å². The van der Waals surface area contributed by atoms with Crippen molar-refractivity contribution in [1.29, 1.82) is 0 Å². The van der Waals surface area contributed by atoms with Gasteiger partial charge >= 0.3 is 0 Å². The average Bonchev–Trinajstić information content (AvgIpc) is 2.95. The molecule has 104 valence electrons. The van der Waals surface area contributed by atoms with E-state index in [9.17, 15) is 9.59 Å². The third kappa shape index (κ3) is 1.33. The van der Waals surface area contributed by atoms with Crippen molar-refractivity contribution in [2.75, 3.05) is 13.1 Å². The van der Waals surface area contributed by atoms with Crippen LogP contribution in [0.25, 0.3) is 10.8 Å². The Labute approximate surface area is 121 Å². The molecule has 1 saturated carbocycles. The third-order valence-corrected chi connectivity index (χ3v) is 5.15. The molecule has 0 spiro atoms. The first-order valence-electron chi connectivity index (χ1n) is 7.38. The summed E-state index contributed by atoms with van der Waals surface area (Å²) in [5, 5.41) is 5.09. The SMILES string of the molecule is O=C1c2cccc3cccc(c23)C(=O)N1C1C2CNCC21. The van der Waals surface area contributed by atoms with E-state index in [2.05, 4.69) is 5.32 Å². The van der Waals surface area contributed by atoms with E-state index in [0.29, 0.717) is 23.0 Å².